The number of anilines is 1. The molecule has 154 valence electrons. The van der Waals surface area contributed by atoms with Gasteiger partial charge in [-0.25, -0.2) is 0 Å². The van der Waals surface area contributed by atoms with Crippen LogP contribution in [0.1, 0.15) is 24.4 Å². The van der Waals surface area contributed by atoms with Gasteiger partial charge in [0.2, 0.25) is 5.91 Å². The van der Waals surface area contributed by atoms with Crippen LogP contribution in [0.4, 0.5) is 5.69 Å². The lowest BCUT2D eigenvalue weighted by atomic mass is 10.2. The van der Waals surface area contributed by atoms with Crippen molar-refractivity contribution in [3.05, 3.63) is 59.1 Å². The average Bonchev–Trinajstić information content (AvgIpc) is 3.29. The Morgan fingerprint density at radius 3 is 2.80 bits per heavy atom. The monoisotopic (exact) mass is 423 g/mol. The third-order valence-corrected chi connectivity index (χ3v) is 5.54. The first-order valence-electron chi connectivity index (χ1n) is 9.61. The Morgan fingerprint density at radius 2 is 2.03 bits per heavy atom. The topological polar surface area (TPSA) is 85.8 Å². The van der Waals surface area contributed by atoms with Gasteiger partial charge < -0.3 is 19.0 Å². The van der Waals surface area contributed by atoms with E-state index in [0.29, 0.717) is 35.8 Å². The summed E-state index contributed by atoms with van der Waals surface area (Å²) in [5.41, 5.74) is 2.27. The molecule has 0 aliphatic heterocycles. The predicted octanol–water partition coefficient (Wildman–Crippen LogP) is 4.19. The molecule has 0 unspecified atom stereocenters. The van der Waals surface area contributed by atoms with Crippen LogP contribution in [0.3, 0.4) is 0 Å². The first-order chi connectivity index (χ1) is 14.5. The number of rotatable bonds is 6. The van der Waals surface area contributed by atoms with E-state index in [9.17, 15) is 9.59 Å². The smallest absolute Gasteiger partial charge is 0.315 e. The van der Waals surface area contributed by atoms with E-state index in [-0.39, 0.29) is 11.7 Å². The average molecular weight is 423 g/mol. The van der Waals surface area contributed by atoms with Gasteiger partial charge in [-0.2, -0.15) is 4.99 Å². The van der Waals surface area contributed by atoms with E-state index in [1.807, 2.05) is 54.0 Å². The SMILES string of the molecule is CCOCCn1c(=NC(=O)c2cc3ccccc3o2)sc2cc(NC(C)=O)ccc21. The second-order valence-electron chi connectivity index (χ2n) is 6.66. The van der Waals surface area contributed by atoms with Gasteiger partial charge in [-0.05, 0) is 37.3 Å². The molecule has 0 aliphatic carbocycles. The third kappa shape index (κ3) is 4.19. The van der Waals surface area contributed by atoms with E-state index in [1.165, 1.54) is 18.3 Å². The lowest BCUT2D eigenvalue weighted by molar-refractivity contribution is -0.114. The summed E-state index contributed by atoms with van der Waals surface area (Å²) in [7, 11) is 0. The number of carbonyl (C=O) groups is 2. The number of nitrogens with zero attached hydrogens (tertiary/aromatic N) is 2. The highest BCUT2D eigenvalue weighted by atomic mass is 32.1. The fourth-order valence-corrected chi connectivity index (χ4v) is 4.28. The molecule has 2 aromatic carbocycles. The van der Waals surface area contributed by atoms with Crippen LogP contribution < -0.4 is 10.1 Å². The number of nitrogens with one attached hydrogen (secondary N) is 1. The zero-order valence-corrected chi connectivity index (χ0v) is 17.5. The molecule has 2 heterocycles. The number of hydrogen-bond acceptors (Lipinski definition) is 5. The highest BCUT2D eigenvalue weighted by molar-refractivity contribution is 7.16. The molecule has 0 aliphatic rings. The molecule has 4 rings (SSSR count). The predicted molar refractivity (Wildman–Crippen MR) is 117 cm³/mol. The molecule has 1 N–H and O–H groups in total. The second kappa shape index (κ2) is 8.64. The van der Waals surface area contributed by atoms with E-state index in [1.54, 1.807) is 6.07 Å². The number of fused-ring (bicyclic) bond motifs is 2. The van der Waals surface area contributed by atoms with Crippen LogP contribution in [-0.2, 0) is 16.1 Å². The van der Waals surface area contributed by atoms with E-state index in [0.717, 1.165) is 15.6 Å². The molecule has 0 radical (unpaired) electrons. The Kier molecular flexibility index (Phi) is 5.78. The number of ether oxygens (including phenoxy) is 1. The number of carbonyl (C=O) groups excluding carboxylic acids is 2. The standard InChI is InChI=1S/C22H21N3O4S/c1-3-28-11-10-25-17-9-8-16(23-14(2)26)13-20(17)30-22(25)24-21(27)19-12-15-6-4-5-7-18(15)29-19/h4-9,12-13H,3,10-11H2,1-2H3,(H,23,26). The Hall–Kier alpha value is -3.23. The molecule has 0 atom stereocenters. The fourth-order valence-electron chi connectivity index (χ4n) is 3.19. The van der Waals surface area contributed by atoms with Crippen molar-refractivity contribution in [2.24, 2.45) is 4.99 Å². The van der Waals surface area contributed by atoms with Crippen LogP contribution in [0, 0.1) is 0 Å². The molecule has 0 bridgehead atoms. The number of thiazole rings is 1. The van der Waals surface area contributed by atoms with Crippen LogP contribution in [-0.4, -0.2) is 29.6 Å². The van der Waals surface area contributed by atoms with Gasteiger partial charge in [0.05, 0.1) is 16.8 Å². The van der Waals surface area contributed by atoms with Gasteiger partial charge >= 0.3 is 5.91 Å². The molecule has 0 saturated carbocycles. The number of benzene rings is 2. The molecule has 2 aromatic heterocycles. The Labute approximate surface area is 176 Å². The minimum atomic E-state index is -0.440. The molecule has 30 heavy (non-hydrogen) atoms. The highest BCUT2D eigenvalue weighted by Gasteiger charge is 2.14. The largest absolute Gasteiger partial charge is 0.451 e. The summed E-state index contributed by atoms with van der Waals surface area (Å²) in [6.07, 6.45) is 0. The third-order valence-electron chi connectivity index (χ3n) is 4.50. The van der Waals surface area contributed by atoms with Gasteiger partial charge in [0.15, 0.2) is 10.6 Å². The van der Waals surface area contributed by atoms with E-state index in [4.69, 9.17) is 9.15 Å². The van der Waals surface area contributed by atoms with E-state index < -0.39 is 5.91 Å². The number of aromatic nitrogens is 1. The van der Waals surface area contributed by atoms with Gasteiger partial charge in [-0.3, -0.25) is 9.59 Å². The Balaban J connectivity index is 1.77. The lowest BCUT2D eigenvalue weighted by Gasteiger charge is -2.06. The molecular weight excluding hydrogens is 402 g/mol. The van der Waals surface area contributed by atoms with Gasteiger partial charge in [0.25, 0.3) is 0 Å². The molecule has 0 spiro atoms. The number of hydrogen-bond donors (Lipinski definition) is 1. The van der Waals surface area contributed by atoms with Crippen molar-refractivity contribution >= 4 is 50.0 Å². The van der Waals surface area contributed by atoms with Crippen LogP contribution in [0.25, 0.3) is 21.2 Å². The van der Waals surface area contributed by atoms with Gasteiger partial charge in [0.1, 0.15) is 5.58 Å². The van der Waals surface area contributed by atoms with Crippen molar-refractivity contribution < 1.29 is 18.7 Å². The van der Waals surface area contributed by atoms with Crippen LogP contribution >= 0.6 is 11.3 Å². The Bertz CT molecular complexity index is 1270. The first kappa shape index (κ1) is 20.1. The van der Waals surface area contributed by atoms with Crippen LogP contribution in [0.5, 0.6) is 0 Å². The molecular formula is C22H21N3O4S. The molecule has 0 fully saturated rings. The summed E-state index contributed by atoms with van der Waals surface area (Å²) >= 11 is 1.38. The summed E-state index contributed by atoms with van der Waals surface area (Å²) in [6.45, 7) is 5.07. The van der Waals surface area contributed by atoms with Crippen molar-refractivity contribution in [2.45, 2.75) is 20.4 Å². The minimum absolute atomic E-state index is 0.139. The summed E-state index contributed by atoms with van der Waals surface area (Å²) in [5, 5.41) is 3.64. The Morgan fingerprint density at radius 1 is 1.20 bits per heavy atom. The maximum atomic E-state index is 12.8. The van der Waals surface area contributed by atoms with Crippen molar-refractivity contribution in [1.82, 2.24) is 4.57 Å². The highest BCUT2D eigenvalue weighted by Crippen LogP contribution is 2.23. The molecule has 7 nitrogen and oxygen atoms in total. The lowest BCUT2D eigenvalue weighted by Crippen LogP contribution is -2.19. The summed E-state index contributed by atoms with van der Waals surface area (Å²) in [6, 6.07) is 14.8. The quantitative estimate of drug-likeness (QED) is 0.471. The van der Waals surface area contributed by atoms with Gasteiger partial charge in [-0.1, -0.05) is 29.5 Å². The first-order valence-corrected chi connectivity index (χ1v) is 10.4. The number of para-hydroxylation sites is 1. The maximum absolute atomic E-state index is 12.8. The second-order valence-corrected chi connectivity index (χ2v) is 7.67. The summed E-state index contributed by atoms with van der Waals surface area (Å²) < 4.78 is 14.0. The maximum Gasteiger partial charge on any atom is 0.315 e. The summed E-state index contributed by atoms with van der Waals surface area (Å²) in [4.78, 5) is 29.1. The molecule has 0 saturated heterocycles. The normalized spacial score (nSPS) is 12.0. The zero-order chi connectivity index (χ0) is 21.1. The van der Waals surface area contributed by atoms with Crippen molar-refractivity contribution in [3.63, 3.8) is 0 Å². The van der Waals surface area contributed by atoms with Crippen molar-refractivity contribution in [3.8, 4) is 0 Å². The van der Waals surface area contributed by atoms with E-state index in [2.05, 4.69) is 10.3 Å². The van der Waals surface area contributed by atoms with Gasteiger partial charge in [0, 0.05) is 31.1 Å². The van der Waals surface area contributed by atoms with Crippen LogP contribution in [0.15, 0.2) is 57.9 Å². The molecule has 4 aromatic rings. The molecule has 8 heteroatoms. The van der Waals surface area contributed by atoms with E-state index >= 15 is 0 Å². The number of furan rings is 1. The van der Waals surface area contributed by atoms with Crippen molar-refractivity contribution in [2.75, 3.05) is 18.5 Å². The fraction of sp³-hybridized carbons (Fsp3) is 0.227. The van der Waals surface area contributed by atoms with Crippen molar-refractivity contribution in [1.29, 1.82) is 0 Å². The summed E-state index contributed by atoms with van der Waals surface area (Å²) in [5.74, 6) is -0.381. The zero-order valence-electron chi connectivity index (χ0n) is 16.7. The van der Waals surface area contributed by atoms with Crippen LogP contribution in [0.2, 0.25) is 0 Å². The number of amides is 2. The van der Waals surface area contributed by atoms with Gasteiger partial charge in [-0.15, -0.1) is 0 Å². The molecule has 2 amide bonds. The minimum Gasteiger partial charge on any atom is -0.451 e.